The first-order valence-corrected chi connectivity index (χ1v) is 5.97. The maximum Gasteiger partial charge on any atom is 0.0363 e. The van der Waals surface area contributed by atoms with Crippen LogP contribution in [0.1, 0.15) is 43.4 Å². The normalized spacial score (nSPS) is 22.1. The first-order valence-electron chi connectivity index (χ1n) is 5.97. The lowest BCUT2D eigenvalue weighted by Crippen LogP contribution is -2.24. The van der Waals surface area contributed by atoms with Crippen LogP contribution in [0.4, 0.5) is 0 Å². The van der Waals surface area contributed by atoms with E-state index in [-0.39, 0.29) is 0 Å². The Kier molecular flexibility index (Phi) is 3.37. The fraction of sp³-hybridized carbons (Fsp3) is 0.615. The molecule has 1 fully saturated rings. The molecule has 0 radical (unpaired) electrons. The Morgan fingerprint density at radius 1 is 1.47 bits per heavy atom. The minimum atomic E-state index is 0.623. The third-order valence-corrected chi connectivity index (χ3v) is 3.16. The summed E-state index contributed by atoms with van der Waals surface area (Å²) in [6.07, 6.45) is 7.84. The summed E-state index contributed by atoms with van der Waals surface area (Å²) in [5.41, 5.74) is 2.68. The fourth-order valence-electron chi connectivity index (χ4n) is 2.52. The zero-order valence-electron chi connectivity index (χ0n) is 9.74. The molecule has 0 N–H and O–H groups in total. The van der Waals surface area contributed by atoms with Gasteiger partial charge in [-0.15, -0.1) is 0 Å². The highest BCUT2D eigenvalue weighted by Crippen LogP contribution is 2.31. The first-order chi connectivity index (χ1) is 7.31. The van der Waals surface area contributed by atoms with Gasteiger partial charge in [-0.2, -0.15) is 0 Å². The summed E-state index contributed by atoms with van der Waals surface area (Å²) in [7, 11) is 0. The van der Waals surface area contributed by atoms with E-state index >= 15 is 0 Å². The Hall–Kier alpha value is -0.890. The van der Waals surface area contributed by atoms with Crippen LogP contribution < -0.4 is 0 Å². The molecule has 0 amide bonds. The molecule has 1 aromatic heterocycles. The molecule has 1 aromatic rings. The van der Waals surface area contributed by atoms with Gasteiger partial charge in [0.25, 0.3) is 0 Å². The second kappa shape index (κ2) is 4.75. The summed E-state index contributed by atoms with van der Waals surface area (Å²) in [6, 6.07) is 2.91. The highest BCUT2D eigenvalue weighted by molar-refractivity contribution is 5.21. The summed E-state index contributed by atoms with van der Waals surface area (Å²) in [4.78, 5) is 6.89. The molecule has 2 heteroatoms. The molecule has 2 heterocycles. The Bertz CT molecular complexity index is 322. The maximum atomic E-state index is 4.30. The molecule has 0 bridgehead atoms. The van der Waals surface area contributed by atoms with Crippen LogP contribution in [-0.4, -0.2) is 23.0 Å². The minimum absolute atomic E-state index is 0.623. The van der Waals surface area contributed by atoms with Crippen LogP contribution in [0.2, 0.25) is 0 Å². The van der Waals surface area contributed by atoms with Crippen LogP contribution >= 0.6 is 0 Å². The summed E-state index contributed by atoms with van der Waals surface area (Å²) < 4.78 is 0. The van der Waals surface area contributed by atoms with Crippen LogP contribution in [0, 0.1) is 6.92 Å². The van der Waals surface area contributed by atoms with Gasteiger partial charge in [0.05, 0.1) is 0 Å². The first kappa shape index (κ1) is 10.6. The standard InChI is InChI=1S/C13H20N2/c1-3-6-15-7-4-5-13(15)12-8-11(2)9-14-10-12/h8-10,13H,3-7H2,1-2H3/t13-/m0/s1. The molecule has 2 nitrogen and oxygen atoms in total. The van der Waals surface area contributed by atoms with Gasteiger partial charge in [0.15, 0.2) is 0 Å². The summed E-state index contributed by atoms with van der Waals surface area (Å²) >= 11 is 0. The van der Waals surface area contributed by atoms with Gasteiger partial charge in [-0.3, -0.25) is 9.88 Å². The molecule has 0 aliphatic carbocycles. The van der Waals surface area contributed by atoms with E-state index in [0.29, 0.717) is 6.04 Å². The Morgan fingerprint density at radius 3 is 3.07 bits per heavy atom. The van der Waals surface area contributed by atoms with Crippen LogP contribution in [0.15, 0.2) is 18.5 Å². The van der Waals surface area contributed by atoms with Crippen molar-refractivity contribution < 1.29 is 0 Å². The smallest absolute Gasteiger partial charge is 0.0363 e. The van der Waals surface area contributed by atoms with Gasteiger partial charge in [-0.1, -0.05) is 13.0 Å². The SMILES string of the molecule is CCCN1CCC[C@H]1c1cncc(C)c1. The van der Waals surface area contributed by atoms with E-state index in [9.17, 15) is 0 Å². The minimum Gasteiger partial charge on any atom is -0.296 e. The largest absolute Gasteiger partial charge is 0.296 e. The van der Waals surface area contributed by atoms with Gasteiger partial charge in [0.1, 0.15) is 0 Å². The van der Waals surface area contributed by atoms with Gasteiger partial charge in [0.2, 0.25) is 0 Å². The van der Waals surface area contributed by atoms with Gasteiger partial charge < -0.3 is 0 Å². The van der Waals surface area contributed by atoms with E-state index in [1.54, 1.807) is 0 Å². The average molecular weight is 204 g/mol. The monoisotopic (exact) mass is 204 g/mol. The van der Waals surface area contributed by atoms with Crippen molar-refractivity contribution in [3.63, 3.8) is 0 Å². The van der Waals surface area contributed by atoms with E-state index in [1.807, 2.05) is 12.4 Å². The molecule has 15 heavy (non-hydrogen) atoms. The predicted octanol–water partition coefficient (Wildman–Crippen LogP) is 2.94. The number of nitrogens with zero attached hydrogens (tertiary/aromatic N) is 2. The van der Waals surface area contributed by atoms with Crippen molar-refractivity contribution in [1.82, 2.24) is 9.88 Å². The Balaban J connectivity index is 2.15. The van der Waals surface area contributed by atoms with Crippen LogP contribution in [-0.2, 0) is 0 Å². The lowest BCUT2D eigenvalue weighted by Gasteiger charge is -2.24. The molecule has 0 spiro atoms. The van der Waals surface area contributed by atoms with Gasteiger partial charge in [-0.05, 0) is 50.4 Å². The summed E-state index contributed by atoms with van der Waals surface area (Å²) in [6.45, 7) is 6.85. The molecule has 1 aliphatic rings. The van der Waals surface area contributed by atoms with E-state index < -0.39 is 0 Å². The average Bonchev–Trinajstić information content (AvgIpc) is 2.66. The molecular weight excluding hydrogens is 184 g/mol. The molecule has 2 rings (SSSR count). The van der Waals surface area contributed by atoms with Crippen molar-refractivity contribution in [3.05, 3.63) is 29.6 Å². The van der Waals surface area contributed by atoms with E-state index in [1.165, 1.54) is 43.5 Å². The van der Waals surface area contributed by atoms with Crippen molar-refractivity contribution in [2.45, 2.75) is 39.2 Å². The third-order valence-electron chi connectivity index (χ3n) is 3.16. The van der Waals surface area contributed by atoms with Crippen LogP contribution in [0.25, 0.3) is 0 Å². The van der Waals surface area contributed by atoms with Crippen LogP contribution in [0.3, 0.4) is 0 Å². The van der Waals surface area contributed by atoms with E-state index in [0.717, 1.165) is 0 Å². The lowest BCUT2D eigenvalue weighted by atomic mass is 10.1. The third kappa shape index (κ3) is 2.37. The highest BCUT2D eigenvalue weighted by Gasteiger charge is 2.25. The van der Waals surface area contributed by atoms with Crippen LogP contribution in [0.5, 0.6) is 0 Å². The van der Waals surface area contributed by atoms with Crippen molar-refractivity contribution in [2.75, 3.05) is 13.1 Å². The maximum absolute atomic E-state index is 4.30. The van der Waals surface area contributed by atoms with Gasteiger partial charge in [-0.25, -0.2) is 0 Å². The quantitative estimate of drug-likeness (QED) is 0.752. The lowest BCUT2D eigenvalue weighted by molar-refractivity contribution is 0.257. The second-order valence-corrected chi connectivity index (χ2v) is 4.49. The number of likely N-dealkylation sites (tertiary alicyclic amines) is 1. The molecule has 0 aromatic carbocycles. The number of rotatable bonds is 3. The van der Waals surface area contributed by atoms with E-state index in [4.69, 9.17) is 0 Å². The molecule has 0 unspecified atom stereocenters. The molecular formula is C13H20N2. The highest BCUT2D eigenvalue weighted by atomic mass is 15.2. The molecule has 0 saturated carbocycles. The Morgan fingerprint density at radius 2 is 2.33 bits per heavy atom. The summed E-state index contributed by atoms with van der Waals surface area (Å²) in [5.74, 6) is 0. The van der Waals surface area contributed by atoms with Crippen molar-refractivity contribution >= 4 is 0 Å². The Labute approximate surface area is 92.3 Å². The topological polar surface area (TPSA) is 16.1 Å². The number of hydrogen-bond donors (Lipinski definition) is 0. The number of aryl methyl sites for hydroxylation is 1. The molecule has 1 atom stereocenters. The number of pyridine rings is 1. The van der Waals surface area contributed by atoms with Crippen molar-refractivity contribution in [1.29, 1.82) is 0 Å². The second-order valence-electron chi connectivity index (χ2n) is 4.49. The molecule has 1 aliphatic heterocycles. The zero-order chi connectivity index (χ0) is 10.7. The zero-order valence-corrected chi connectivity index (χ0v) is 9.74. The number of aromatic nitrogens is 1. The van der Waals surface area contributed by atoms with Gasteiger partial charge in [0, 0.05) is 18.4 Å². The predicted molar refractivity (Wildman–Crippen MR) is 62.8 cm³/mol. The molecule has 82 valence electrons. The van der Waals surface area contributed by atoms with E-state index in [2.05, 4.69) is 29.8 Å². The molecule has 1 saturated heterocycles. The van der Waals surface area contributed by atoms with Crippen molar-refractivity contribution in [3.8, 4) is 0 Å². The summed E-state index contributed by atoms with van der Waals surface area (Å²) in [5, 5.41) is 0. The van der Waals surface area contributed by atoms with Gasteiger partial charge >= 0.3 is 0 Å². The van der Waals surface area contributed by atoms with Crippen molar-refractivity contribution in [2.24, 2.45) is 0 Å². The fourth-order valence-corrected chi connectivity index (χ4v) is 2.52. The number of hydrogen-bond acceptors (Lipinski definition) is 2.